The number of carboxylic acid groups (broad SMARTS) is 1. The average molecular weight is 1560 g/mol. The predicted octanol–water partition coefficient (Wildman–Crippen LogP) is -6.59. The van der Waals surface area contributed by atoms with E-state index in [4.69, 9.17) is 19.5 Å². The van der Waals surface area contributed by atoms with Crippen LogP contribution in [-0.4, -0.2) is 256 Å². The van der Waals surface area contributed by atoms with Gasteiger partial charge < -0.3 is 108 Å². The first-order chi connectivity index (χ1) is 54.0. The Labute approximate surface area is 643 Å². The molecule has 11 amide bonds. The highest BCUT2D eigenvalue weighted by Crippen LogP contribution is 2.43. The molecule has 0 saturated heterocycles. The van der Waals surface area contributed by atoms with Crippen molar-refractivity contribution in [3.05, 3.63) is 92.2 Å². The molecule has 112 heavy (non-hydrogen) atoms. The lowest BCUT2D eigenvalue weighted by Crippen LogP contribution is -2.57. The summed E-state index contributed by atoms with van der Waals surface area (Å²) in [6.45, 7) is 1.69. The van der Waals surface area contributed by atoms with Crippen LogP contribution in [0.25, 0.3) is 0 Å². The van der Waals surface area contributed by atoms with Gasteiger partial charge in [0.15, 0.2) is 23.0 Å². The fourth-order valence-corrected chi connectivity index (χ4v) is 14.2. The van der Waals surface area contributed by atoms with Crippen LogP contribution >= 0.6 is 0 Å². The third-order valence-electron chi connectivity index (χ3n) is 20.1. The maximum Gasteiger partial charge on any atom is 0.326 e. The van der Waals surface area contributed by atoms with Gasteiger partial charge in [-0.15, -0.1) is 0 Å². The number of unbranched alkanes of at least 4 members (excludes halogenated alkanes) is 1. The molecule has 0 unspecified atom stereocenters. The van der Waals surface area contributed by atoms with Gasteiger partial charge in [-0.3, -0.25) is 52.7 Å². The van der Waals surface area contributed by atoms with Crippen molar-refractivity contribution in [1.82, 2.24) is 67.6 Å². The van der Waals surface area contributed by atoms with E-state index >= 15 is 0 Å². The molecule has 4 aromatic carbocycles. The second-order valence-electron chi connectivity index (χ2n) is 27.9. The zero-order valence-corrected chi connectivity index (χ0v) is 62.6. The van der Waals surface area contributed by atoms with E-state index < -0.39 is 173 Å². The van der Waals surface area contributed by atoms with Crippen LogP contribution in [0.2, 0.25) is 0 Å². The molecule has 6 aliphatic rings. The first kappa shape index (κ1) is 83.2. The topological polar surface area (TPSA) is 514 Å². The molecule has 0 aliphatic carbocycles. The number of ether oxygens (including phenoxy) is 2. The monoisotopic (exact) mass is 1560 g/mol. The van der Waals surface area contributed by atoms with Gasteiger partial charge in [0.1, 0.15) is 84.5 Å². The van der Waals surface area contributed by atoms with Crippen molar-refractivity contribution in [2.24, 2.45) is 9.98 Å². The van der Waals surface area contributed by atoms with Crippen LogP contribution in [0.3, 0.4) is 0 Å². The molecule has 0 radical (unpaired) electrons. The summed E-state index contributed by atoms with van der Waals surface area (Å²) in [5, 5.41) is 87.2. The first-order valence-corrected chi connectivity index (χ1v) is 37.9. The normalized spacial score (nSPS) is 15.6. The Balaban J connectivity index is 0.575. The molecule has 6 atom stereocenters. The Kier molecular flexibility index (Phi) is 29.4. The Morgan fingerprint density at radius 3 is 1.15 bits per heavy atom. The van der Waals surface area contributed by atoms with Gasteiger partial charge in [-0.2, -0.15) is 0 Å². The molecule has 37 nitrogen and oxygen atoms in total. The minimum atomic E-state index is -1.73. The summed E-state index contributed by atoms with van der Waals surface area (Å²) in [6.07, 6.45) is 9.12. The van der Waals surface area contributed by atoms with E-state index in [2.05, 4.69) is 128 Å². The molecular formula is C75H99N17O20+2. The van der Waals surface area contributed by atoms with Gasteiger partial charge in [0.25, 0.3) is 0 Å². The van der Waals surface area contributed by atoms with Gasteiger partial charge in [-0.05, 0) is 101 Å². The summed E-state index contributed by atoms with van der Waals surface area (Å²) in [4.78, 5) is 168. The van der Waals surface area contributed by atoms with Gasteiger partial charge in [-0.25, -0.2) is 23.9 Å². The van der Waals surface area contributed by atoms with Crippen molar-refractivity contribution in [2.45, 2.75) is 134 Å². The fraction of sp³-hybridized carbons (Fsp3) is 0.520. The smallest absolute Gasteiger partial charge is 0.326 e. The van der Waals surface area contributed by atoms with Crippen molar-refractivity contribution in [1.29, 1.82) is 0 Å². The number of anilines is 2. The van der Waals surface area contributed by atoms with Crippen LogP contribution in [0.5, 0.6) is 23.0 Å². The Bertz CT molecular complexity index is 4540. The van der Waals surface area contributed by atoms with Crippen molar-refractivity contribution in [3.63, 3.8) is 0 Å². The molecular weight excluding hydrogens is 1460 g/mol. The molecule has 0 saturated carbocycles. The summed E-state index contributed by atoms with van der Waals surface area (Å²) in [7, 11) is 0. The highest BCUT2D eigenvalue weighted by Gasteiger charge is 2.33. The fourth-order valence-electron chi connectivity index (χ4n) is 14.2. The molecule has 602 valence electrons. The van der Waals surface area contributed by atoms with Crippen molar-refractivity contribution in [3.8, 4) is 23.0 Å². The lowest BCUT2D eigenvalue weighted by atomic mass is 10.00. The Morgan fingerprint density at radius 1 is 0.411 bits per heavy atom. The molecule has 0 bridgehead atoms. The van der Waals surface area contributed by atoms with Crippen LogP contribution < -0.4 is 108 Å². The van der Waals surface area contributed by atoms with E-state index in [1.807, 2.05) is 12.1 Å². The van der Waals surface area contributed by atoms with Gasteiger partial charge in [0.2, 0.25) is 75.7 Å². The molecule has 4 aromatic rings. The number of nitrogens with zero attached hydrogens (tertiary/aromatic N) is 6. The number of aryl methyl sites for hydroxylation is 4. The Morgan fingerprint density at radius 2 is 0.777 bits per heavy atom. The van der Waals surface area contributed by atoms with Crippen molar-refractivity contribution in [2.75, 3.05) is 128 Å². The third kappa shape index (κ3) is 21.6. The quantitative estimate of drug-likeness (QED) is 0.0127. The highest BCUT2D eigenvalue weighted by molar-refractivity contribution is 5.97. The van der Waals surface area contributed by atoms with Crippen molar-refractivity contribution >= 4 is 93.7 Å². The number of fused-ring (bicyclic) bond motifs is 8. The molecule has 6 heterocycles. The van der Waals surface area contributed by atoms with E-state index in [1.165, 1.54) is 16.8 Å². The number of hydrogen-bond acceptors (Lipinski definition) is 23. The minimum Gasteiger partial charge on any atom is -0.480 e. The Hall–Kier alpha value is -11.3. The maximum absolute atomic E-state index is 13.2. The number of carbonyl (C=O) groups excluding carboxylic acids is 11. The molecule has 0 spiro atoms. The van der Waals surface area contributed by atoms with Crippen LogP contribution in [0.1, 0.15) is 93.9 Å². The number of benzene rings is 4. The number of aliphatic carboxylic acids is 1. The lowest BCUT2D eigenvalue weighted by molar-refractivity contribution is -0.142. The third-order valence-corrected chi connectivity index (χ3v) is 20.1. The molecule has 6 aliphatic heterocycles. The number of aliphatic hydroxyl groups is 5. The van der Waals surface area contributed by atoms with Gasteiger partial charge >= 0.3 is 5.97 Å². The van der Waals surface area contributed by atoms with Gasteiger partial charge in [-0.1, -0.05) is 0 Å². The number of amides is 11. The van der Waals surface area contributed by atoms with E-state index in [-0.39, 0.29) is 12.8 Å². The summed E-state index contributed by atoms with van der Waals surface area (Å²) in [5.41, 5.74) is 8.72. The average Bonchev–Trinajstić information content (AvgIpc) is 0.762. The minimum absolute atomic E-state index is 0.0125. The van der Waals surface area contributed by atoms with Crippen LogP contribution in [0.4, 0.5) is 22.7 Å². The van der Waals surface area contributed by atoms with Crippen LogP contribution in [-0.2, 0) is 83.2 Å². The van der Waals surface area contributed by atoms with E-state index in [0.29, 0.717) is 55.4 Å². The van der Waals surface area contributed by atoms with E-state index in [1.54, 1.807) is 0 Å². The zero-order valence-electron chi connectivity index (χ0n) is 62.6. The largest absolute Gasteiger partial charge is 0.480 e. The van der Waals surface area contributed by atoms with Crippen molar-refractivity contribution < 1.29 is 97.6 Å². The predicted molar refractivity (Wildman–Crippen MR) is 401 cm³/mol. The van der Waals surface area contributed by atoms with Crippen LogP contribution in [0, 0.1) is 0 Å². The number of nitrogens with one attached hydrogen (secondary N) is 11. The zero-order chi connectivity index (χ0) is 80.1. The second kappa shape index (κ2) is 39.6. The summed E-state index contributed by atoms with van der Waals surface area (Å²) in [6, 6.07) is 6.77. The standard InChI is InChI=1S/C75H97N17O20/c1-3-89-19-7-12-42-24-47-60(28-56(42)89)111-62-30-58-44(26-49(62)81-47)14-9-21-91(58)18-6-5-16-46(75(109)110)88-74(108)55(41-97)87-69(103)36-80-73(107)54(40-96)86-68(102)35-79-72(106)53(39-95)85-67(101)34-78-71(105)52(38-94)84-66(100)33-77-70(104)51(37-93)83-65(99)32-76-64(98)17-11-23-92-22-10-15-45-27-50-63(31-59(45)92)112-61-29-57-43(25-48(61)82-50)13-8-20-90(57)4-2/h24-31,46,51-55,93-97H,3-23,32-41H2,1-2H3,(H10-2,76,77,78,79,80,83,84,85,86,87,88,98,99,100,101,102,103,104,105,106,107,108,109,110)/p+2/t46-,51+,52+,53+,54+,55+/m0/s1. The number of hydrogen-bond donors (Lipinski definition) is 17. The maximum atomic E-state index is 13.2. The van der Waals surface area contributed by atoms with E-state index in [0.717, 1.165) is 140 Å². The number of aliphatic hydroxyl groups excluding tert-OH is 5. The summed E-state index contributed by atoms with van der Waals surface area (Å²) >= 11 is 0. The highest BCUT2D eigenvalue weighted by atomic mass is 16.5. The first-order valence-electron chi connectivity index (χ1n) is 37.9. The molecule has 0 fully saturated rings. The lowest BCUT2D eigenvalue weighted by Gasteiger charge is -2.31. The molecule has 17 N–H and O–H groups in total. The molecule has 37 heteroatoms. The summed E-state index contributed by atoms with van der Waals surface area (Å²) < 4.78 is 17.3. The summed E-state index contributed by atoms with van der Waals surface area (Å²) in [5.74, 6) is -9.58. The number of carboxylic acids is 1. The second-order valence-corrected chi connectivity index (χ2v) is 27.9. The van der Waals surface area contributed by atoms with Gasteiger partial charge in [0, 0.05) is 92.9 Å². The molecule has 0 aromatic heterocycles. The van der Waals surface area contributed by atoms with Crippen LogP contribution in [0.15, 0.2) is 58.5 Å². The number of carbonyl (C=O) groups is 12. The SMILES string of the molecule is CCN1CCCc2cc3c(cc21)Oc1cc2c(cc1=N3)CCC[N+]=2CCCC[C@H](NC(=O)[C@@H](CO)NC(=O)CNC(=O)[C@@H](CO)NC(=O)CNC(=O)[C@@H](CO)NC(=O)CNC(=O)[C@@H](CO)NC(=O)CNC(=O)[C@@H](CO)NC(=O)CNC(=O)CCC[N+]1=c2cc3c(cc2CCC1)=Nc1cc2c(cc1O3)N(CC)CCC2)C(=O)O. The molecule has 10 rings (SSSR count). The number of rotatable bonds is 38. The van der Waals surface area contributed by atoms with Gasteiger partial charge in [0.05, 0.1) is 77.9 Å². The van der Waals surface area contributed by atoms with E-state index in [9.17, 15) is 88.2 Å².